The summed E-state index contributed by atoms with van der Waals surface area (Å²) in [7, 11) is -2.01. The van der Waals surface area contributed by atoms with Gasteiger partial charge < -0.3 is 19.9 Å². The molecule has 0 spiro atoms. The fourth-order valence-electron chi connectivity index (χ4n) is 4.59. The van der Waals surface area contributed by atoms with Gasteiger partial charge >= 0.3 is 0 Å². The molecule has 1 fully saturated rings. The van der Waals surface area contributed by atoms with Crippen LogP contribution in [0.5, 0.6) is 0 Å². The molecule has 5 rings (SSSR count). The van der Waals surface area contributed by atoms with E-state index in [1.54, 1.807) is 53.4 Å². The number of fused-ring (bicyclic) bond motifs is 1. The Hall–Kier alpha value is -3.38. The largest absolute Gasteiger partial charge is 0.377 e. The number of nitrogens with zero attached hydrogens (tertiary/aromatic N) is 5. The van der Waals surface area contributed by atoms with Crippen LogP contribution in [0.4, 0.5) is 11.5 Å². The highest BCUT2D eigenvalue weighted by atomic mass is 35.5. The molecule has 1 aliphatic rings. The van der Waals surface area contributed by atoms with Crippen molar-refractivity contribution in [2.75, 3.05) is 50.1 Å². The van der Waals surface area contributed by atoms with Gasteiger partial charge in [-0.05, 0) is 43.3 Å². The first-order valence-corrected chi connectivity index (χ1v) is 14.8. The van der Waals surface area contributed by atoms with Crippen molar-refractivity contribution in [3.05, 3.63) is 76.7 Å². The molecule has 2 aromatic heterocycles. The highest BCUT2D eigenvalue weighted by molar-refractivity contribution is 7.90. The Morgan fingerprint density at radius 3 is 2.58 bits per heavy atom. The summed E-state index contributed by atoms with van der Waals surface area (Å²) in [6, 6.07) is 13.2. The fraction of sp³-hybridized carbons (Fsp3) is 0.296. The lowest BCUT2D eigenvalue weighted by Gasteiger charge is -2.31. The van der Waals surface area contributed by atoms with E-state index in [0.29, 0.717) is 53.2 Å². The number of carbonyl (C=O) groups excluding carboxylic acids is 1. The quantitative estimate of drug-likeness (QED) is 0.337. The monoisotopic (exact) mass is 602 g/mol. The Bertz CT molecular complexity index is 1620. The van der Waals surface area contributed by atoms with E-state index < -0.39 is 10.0 Å². The van der Waals surface area contributed by atoms with E-state index >= 15 is 0 Å². The van der Waals surface area contributed by atoms with Gasteiger partial charge in [-0.25, -0.2) is 22.4 Å². The summed E-state index contributed by atoms with van der Waals surface area (Å²) in [6.07, 6.45) is 2.83. The third kappa shape index (κ3) is 5.87. The lowest BCUT2D eigenvalue weighted by Crippen LogP contribution is -2.47. The average Bonchev–Trinajstić information content (AvgIpc) is 3.22. The van der Waals surface area contributed by atoms with Gasteiger partial charge in [0.1, 0.15) is 12.1 Å². The third-order valence-corrected chi connectivity index (χ3v) is 8.91. The number of likely N-dealkylation sites (N-methyl/N-ethyl adjacent to an activating group) is 1. The van der Waals surface area contributed by atoms with Crippen LogP contribution < -0.4 is 10.2 Å². The first-order valence-electron chi connectivity index (χ1n) is 12.6. The molecule has 0 radical (unpaired) electrons. The predicted molar refractivity (Wildman–Crippen MR) is 156 cm³/mol. The number of rotatable bonds is 7. The standard InChI is InChI=1S/C27H28Cl2N6O4S/c1-18-3-5-23(6-4-18)40(37,38)35-8-7-24-26(31-17-32-27(24)35)33(2)22-15-34(9-10-39-16-22)25(36)14-30-21-12-19(28)11-20(29)13-21/h3-8,11-13,17,22,30H,9-10,14-16H2,1-2H3. The molecule has 1 amide bonds. The molecule has 1 aliphatic heterocycles. The van der Waals surface area contributed by atoms with Crippen molar-refractivity contribution in [1.29, 1.82) is 0 Å². The number of anilines is 2. The van der Waals surface area contributed by atoms with E-state index in [0.717, 1.165) is 5.56 Å². The summed E-state index contributed by atoms with van der Waals surface area (Å²) in [6.45, 7) is 3.54. The molecule has 40 heavy (non-hydrogen) atoms. The van der Waals surface area contributed by atoms with Crippen LogP contribution in [0, 0.1) is 6.92 Å². The van der Waals surface area contributed by atoms with E-state index in [4.69, 9.17) is 27.9 Å². The lowest BCUT2D eigenvalue weighted by molar-refractivity contribution is -0.129. The summed E-state index contributed by atoms with van der Waals surface area (Å²) in [5.41, 5.74) is 1.88. The van der Waals surface area contributed by atoms with Crippen molar-refractivity contribution in [2.45, 2.75) is 17.9 Å². The Balaban J connectivity index is 1.35. The van der Waals surface area contributed by atoms with Crippen molar-refractivity contribution in [3.8, 4) is 0 Å². The molecule has 1 unspecified atom stereocenters. The normalized spacial score (nSPS) is 16.1. The number of hydrogen-bond acceptors (Lipinski definition) is 8. The number of amides is 1. The van der Waals surface area contributed by atoms with Gasteiger partial charge in [0.15, 0.2) is 5.65 Å². The van der Waals surface area contributed by atoms with E-state index in [-0.39, 0.29) is 29.0 Å². The van der Waals surface area contributed by atoms with E-state index in [1.807, 2.05) is 18.9 Å². The molecule has 3 heterocycles. The smallest absolute Gasteiger partial charge is 0.269 e. The SMILES string of the molecule is Cc1ccc(S(=O)(=O)n2ccc3c(N(C)C4COCCN(C(=O)CNc5cc(Cl)cc(Cl)c5)C4)ncnc32)cc1. The molecule has 210 valence electrons. The van der Waals surface area contributed by atoms with E-state index in [2.05, 4.69) is 15.3 Å². The number of halogens is 2. The van der Waals surface area contributed by atoms with Gasteiger partial charge in [0.25, 0.3) is 10.0 Å². The molecule has 1 saturated heterocycles. The lowest BCUT2D eigenvalue weighted by atomic mass is 10.2. The minimum atomic E-state index is -3.86. The number of hydrogen-bond donors (Lipinski definition) is 1. The Labute approximate surface area is 242 Å². The zero-order valence-corrected chi connectivity index (χ0v) is 24.2. The van der Waals surface area contributed by atoms with Crippen LogP contribution in [0.3, 0.4) is 0 Å². The van der Waals surface area contributed by atoms with Crippen LogP contribution >= 0.6 is 23.2 Å². The molecule has 2 aromatic carbocycles. The van der Waals surface area contributed by atoms with Gasteiger partial charge in [-0.1, -0.05) is 40.9 Å². The van der Waals surface area contributed by atoms with Crippen LogP contribution in [-0.4, -0.2) is 79.1 Å². The summed E-state index contributed by atoms with van der Waals surface area (Å²) >= 11 is 12.1. The van der Waals surface area contributed by atoms with Crippen LogP contribution in [0.25, 0.3) is 11.0 Å². The molecule has 13 heteroatoms. The van der Waals surface area contributed by atoms with Crippen molar-refractivity contribution in [2.24, 2.45) is 0 Å². The minimum absolute atomic E-state index is 0.0601. The van der Waals surface area contributed by atoms with Crippen molar-refractivity contribution in [1.82, 2.24) is 18.8 Å². The number of ether oxygens (including phenoxy) is 1. The number of nitrogens with one attached hydrogen (secondary N) is 1. The Kier molecular flexibility index (Phi) is 8.18. The molecule has 0 bridgehead atoms. The zero-order valence-electron chi connectivity index (χ0n) is 21.9. The summed E-state index contributed by atoms with van der Waals surface area (Å²) < 4.78 is 33.7. The van der Waals surface area contributed by atoms with E-state index in [9.17, 15) is 13.2 Å². The van der Waals surface area contributed by atoms with Crippen LogP contribution in [0.15, 0.2) is 66.0 Å². The second-order valence-electron chi connectivity index (χ2n) is 9.56. The summed E-state index contributed by atoms with van der Waals surface area (Å²) in [4.78, 5) is 25.7. The summed E-state index contributed by atoms with van der Waals surface area (Å²) in [5.74, 6) is 0.431. The van der Waals surface area contributed by atoms with Gasteiger partial charge in [0.05, 0.1) is 36.1 Å². The maximum Gasteiger partial charge on any atom is 0.269 e. The van der Waals surface area contributed by atoms with Crippen LogP contribution in [-0.2, 0) is 19.6 Å². The van der Waals surface area contributed by atoms with Gasteiger partial charge in [-0.3, -0.25) is 4.79 Å². The van der Waals surface area contributed by atoms with Gasteiger partial charge in [0.2, 0.25) is 5.91 Å². The Morgan fingerprint density at radius 2 is 1.85 bits per heavy atom. The molecule has 10 nitrogen and oxygen atoms in total. The zero-order chi connectivity index (χ0) is 28.4. The van der Waals surface area contributed by atoms with Crippen molar-refractivity contribution in [3.63, 3.8) is 0 Å². The maximum atomic E-state index is 13.4. The fourth-order valence-corrected chi connectivity index (χ4v) is 6.41. The highest BCUT2D eigenvalue weighted by Gasteiger charge is 2.28. The van der Waals surface area contributed by atoms with Crippen molar-refractivity contribution >= 4 is 61.7 Å². The van der Waals surface area contributed by atoms with Crippen LogP contribution in [0.2, 0.25) is 10.0 Å². The topological polar surface area (TPSA) is 110 Å². The molecule has 0 saturated carbocycles. The Morgan fingerprint density at radius 1 is 1.12 bits per heavy atom. The van der Waals surface area contributed by atoms with Crippen LogP contribution in [0.1, 0.15) is 5.56 Å². The molecular formula is C27H28Cl2N6O4S. The first kappa shape index (κ1) is 28.2. The molecule has 1 atom stereocenters. The second-order valence-corrected chi connectivity index (χ2v) is 12.2. The van der Waals surface area contributed by atoms with Gasteiger partial charge in [0, 0.05) is 42.1 Å². The number of aromatic nitrogens is 3. The number of carbonyl (C=O) groups is 1. The predicted octanol–water partition coefficient (Wildman–Crippen LogP) is 4.06. The molecule has 1 N–H and O–H groups in total. The number of aryl methyl sites for hydroxylation is 1. The minimum Gasteiger partial charge on any atom is -0.377 e. The maximum absolute atomic E-state index is 13.4. The van der Waals surface area contributed by atoms with Crippen molar-refractivity contribution < 1.29 is 17.9 Å². The molecule has 4 aromatic rings. The van der Waals surface area contributed by atoms with Gasteiger partial charge in [-0.15, -0.1) is 0 Å². The number of benzene rings is 2. The first-order chi connectivity index (χ1) is 19.1. The highest BCUT2D eigenvalue weighted by Crippen LogP contribution is 2.28. The summed E-state index contributed by atoms with van der Waals surface area (Å²) in [5, 5.41) is 4.61. The average molecular weight is 604 g/mol. The van der Waals surface area contributed by atoms with Gasteiger partial charge in [-0.2, -0.15) is 0 Å². The third-order valence-electron chi connectivity index (χ3n) is 6.79. The molecular weight excluding hydrogens is 575 g/mol. The second kappa shape index (κ2) is 11.6. The van der Waals surface area contributed by atoms with E-state index in [1.165, 1.54) is 16.5 Å². The molecule has 0 aliphatic carbocycles.